The molecular weight excluding hydrogens is 454 g/mol. The van der Waals surface area contributed by atoms with Gasteiger partial charge in [-0.05, 0) is 43.5 Å². The number of imide groups is 1. The lowest BCUT2D eigenvalue weighted by molar-refractivity contribution is -0.122. The molecule has 33 heavy (non-hydrogen) atoms. The summed E-state index contributed by atoms with van der Waals surface area (Å²) in [6.45, 7) is 1.97. The highest BCUT2D eigenvalue weighted by Crippen LogP contribution is 2.41. The van der Waals surface area contributed by atoms with Crippen molar-refractivity contribution in [2.45, 2.75) is 43.0 Å². The van der Waals surface area contributed by atoms with Gasteiger partial charge in [-0.25, -0.2) is 4.98 Å². The second-order valence-corrected chi connectivity index (χ2v) is 10.9. The van der Waals surface area contributed by atoms with Crippen molar-refractivity contribution < 1.29 is 14.4 Å². The Balaban J connectivity index is 1.25. The van der Waals surface area contributed by atoms with E-state index in [-0.39, 0.29) is 41.4 Å². The van der Waals surface area contributed by atoms with Crippen LogP contribution in [0, 0.1) is 11.8 Å². The molecule has 0 radical (unpaired) electrons. The van der Waals surface area contributed by atoms with Crippen LogP contribution in [0.2, 0.25) is 0 Å². The summed E-state index contributed by atoms with van der Waals surface area (Å²) in [5.74, 6) is -0.222. The first-order chi connectivity index (χ1) is 16.0. The van der Waals surface area contributed by atoms with E-state index in [4.69, 9.17) is 0 Å². The van der Waals surface area contributed by atoms with Crippen LogP contribution in [0.4, 0.5) is 5.69 Å². The topological polar surface area (TPSA) is 79.4 Å². The molecule has 1 saturated heterocycles. The molecule has 8 heteroatoms. The molecular formula is C25H25N3O3S2. The van der Waals surface area contributed by atoms with Gasteiger partial charge in [-0.15, -0.1) is 11.3 Å². The molecule has 1 N–H and O–H groups in total. The molecule has 6 nitrogen and oxygen atoms in total. The highest BCUT2D eigenvalue weighted by Gasteiger charge is 2.48. The van der Waals surface area contributed by atoms with Crippen molar-refractivity contribution in [1.82, 2.24) is 10.3 Å². The molecule has 0 spiro atoms. The summed E-state index contributed by atoms with van der Waals surface area (Å²) < 4.78 is 1.70. The lowest BCUT2D eigenvalue weighted by Gasteiger charge is -2.19. The molecule has 2 aromatic carbocycles. The molecule has 3 aromatic rings. The van der Waals surface area contributed by atoms with Gasteiger partial charge in [0.05, 0.1) is 39.5 Å². The Labute approximate surface area is 200 Å². The second kappa shape index (κ2) is 9.27. The van der Waals surface area contributed by atoms with E-state index in [1.165, 1.54) is 28.0 Å². The highest BCUT2D eigenvalue weighted by atomic mass is 32.2. The van der Waals surface area contributed by atoms with Gasteiger partial charge >= 0.3 is 0 Å². The van der Waals surface area contributed by atoms with E-state index in [1.54, 1.807) is 6.07 Å². The summed E-state index contributed by atoms with van der Waals surface area (Å²) in [5, 5.41) is 3.02. The van der Waals surface area contributed by atoms with Crippen molar-refractivity contribution in [2.75, 3.05) is 10.7 Å². The molecule has 2 fully saturated rings. The number of nitrogens with one attached hydrogen (secondary N) is 1. The average Bonchev–Trinajstić information content (AvgIpc) is 3.36. The summed E-state index contributed by atoms with van der Waals surface area (Å²) in [6, 6.07) is 15.3. The Morgan fingerprint density at radius 3 is 2.52 bits per heavy atom. The molecule has 3 amide bonds. The van der Waals surface area contributed by atoms with E-state index in [9.17, 15) is 14.4 Å². The number of benzene rings is 2. The number of carbonyl (C=O) groups is 3. The quantitative estimate of drug-likeness (QED) is 0.400. The van der Waals surface area contributed by atoms with E-state index >= 15 is 0 Å². The molecule has 2 aliphatic rings. The van der Waals surface area contributed by atoms with Crippen LogP contribution in [0.15, 0.2) is 52.9 Å². The van der Waals surface area contributed by atoms with Crippen molar-refractivity contribution in [2.24, 2.45) is 11.8 Å². The van der Waals surface area contributed by atoms with Gasteiger partial charge in [0.1, 0.15) is 0 Å². The Bertz CT molecular complexity index is 1190. The van der Waals surface area contributed by atoms with Crippen LogP contribution in [0.1, 0.15) is 44.2 Å². The predicted octanol–water partition coefficient (Wildman–Crippen LogP) is 4.95. The first kappa shape index (κ1) is 22.1. The fourth-order valence-electron chi connectivity index (χ4n) is 4.75. The van der Waals surface area contributed by atoms with Crippen molar-refractivity contribution in [1.29, 1.82) is 0 Å². The van der Waals surface area contributed by atoms with E-state index in [0.717, 1.165) is 45.8 Å². The number of amides is 3. The Hall–Kier alpha value is -2.71. The number of thioether (sulfide) groups is 1. The standard InChI is InChI=1S/C25H25N3O3S2/c1-15(16-7-3-2-4-8-16)26-22(29)14-32-25-27-20-12-11-17(13-21(20)33-25)28-23(30)18-9-5-6-10-19(18)24(28)31/h2-4,7-8,11-13,15,18-19H,5-6,9-10,14H2,1H3,(H,26,29)/t15-,18+,19+/m0/s1. The number of anilines is 1. The van der Waals surface area contributed by atoms with Crippen LogP contribution in [0.5, 0.6) is 0 Å². The summed E-state index contributed by atoms with van der Waals surface area (Å²) in [4.78, 5) is 44.2. The number of nitrogens with zero attached hydrogens (tertiary/aromatic N) is 2. The SMILES string of the molecule is C[C@H](NC(=O)CSc1nc2ccc(N3C(=O)[C@@H]4CCCC[C@H]4C3=O)cc2s1)c1ccccc1. The first-order valence-electron chi connectivity index (χ1n) is 11.3. The van der Waals surface area contributed by atoms with Crippen molar-refractivity contribution in [3.05, 3.63) is 54.1 Å². The van der Waals surface area contributed by atoms with Crippen molar-refractivity contribution >= 4 is 56.7 Å². The third-order valence-corrected chi connectivity index (χ3v) is 8.62. The van der Waals surface area contributed by atoms with Crippen LogP contribution in [0.25, 0.3) is 10.2 Å². The normalized spacial score (nSPS) is 21.3. The zero-order valence-corrected chi connectivity index (χ0v) is 20.0. The number of aromatic nitrogens is 1. The maximum Gasteiger partial charge on any atom is 0.237 e. The highest BCUT2D eigenvalue weighted by molar-refractivity contribution is 8.01. The smallest absolute Gasteiger partial charge is 0.237 e. The van der Waals surface area contributed by atoms with Gasteiger partial charge in [-0.3, -0.25) is 19.3 Å². The average molecular weight is 480 g/mol. The number of hydrogen-bond donors (Lipinski definition) is 1. The molecule has 1 aliphatic heterocycles. The van der Waals surface area contributed by atoms with Crippen LogP contribution in [0.3, 0.4) is 0 Å². The van der Waals surface area contributed by atoms with E-state index in [2.05, 4.69) is 10.3 Å². The molecule has 2 heterocycles. The molecule has 1 aliphatic carbocycles. The number of thiazole rings is 1. The summed E-state index contributed by atoms with van der Waals surface area (Å²) in [6.07, 6.45) is 3.64. The number of carbonyl (C=O) groups excluding carboxylic acids is 3. The number of fused-ring (bicyclic) bond motifs is 2. The van der Waals surface area contributed by atoms with Crippen molar-refractivity contribution in [3.8, 4) is 0 Å². The largest absolute Gasteiger partial charge is 0.349 e. The minimum atomic E-state index is -0.161. The molecule has 170 valence electrons. The van der Waals surface area contributed by atoms with E-state index in [1.807, 2.05) is 49.4 Å². The summed E-state index contributed by atoms with van der Waals surface area (Å²) in [5.41, 5.74) is 2.50. The molecule has 5 rings (SSSR count). The van der Waals surface area contributed by atoms with Gasteiger partial charge in [-0.1, -0.05) is 54.9 Å². The fraction of sp³-hybridized carbons (Fsp3) is 0.360. The van der Waals surface area contributed by atoms with Crippen LogP contribution < -0.4 is 10.2 Å². The molecule has 1 saturated carbocycles. The minimum Gasteiger partial charge on any atom is -0.349 e. The zero-order chi connectivity index (χ0) is 22.9. The Morgan fingerprint density at radius 2 is 1.82 bits per heavy atom. The lowest BCUT2D eigenvalue weighted by atomic mass is 9.81. The maximum absolute atomic E-state index is 12.9. The fourth-order valence-corrected chi connectivity index (χ4v) is 6.66. The summed E-state index contributed by atoms with van der Waals surface area (Å²) in [7, 11) is 0. The van der Waals surface area contributed by atoms with Gasteiger partial charge in [0.2, 0.25) is 17.7 Å². The molecule has 3 atom stereocenters. The number of rotatable bonds is 6. The summed E-state index contributed by atoms with van der Waals surface area (Å²) >= 11 is 2.87. The van der Waals surface area contributed by atoms with Crippen molar-refractivity contribution in [3.63, 3.8) is 0 Å². The zero-order valence-electron chi connectivity index (χ0n) is 18.3. The van der Waals surface area contributed by atoms with E-state index < -0.39 is 0 Å². The predicted molar refractivity (Wildman–Crippen MR) is 131 cm³/mol. The third kappa shape index (κ3) is 4.42. The van der Waals surface area contributed by atoms with Crippen LogP contribution >= 0.6 is 23.1 Å². The van der Waals surface area contributed by atoms with Gasteiger partial charge in [-0.2, -0.15) is 0 Å². The maximum atomic E-state index is 12.9. The first-order valence-corrected chi connectivity index (χ1v) is 13.1. The lowest BCUT2D eigenvalue weighted by Crippen LogP contribution is -2.30. The van der Waals surface area contributed by atoms with Gasteiger partial charge in [0.25, 0.3) is 0 Å². The molecule has 1 aromatic heterocycles. The monoisotopic (exact) mass is 479 g/mol. The van der Waals surface area contributed by atoms with E-state index in [0.29, 0.717) is 5.69 Å². The van der Waals surface area contributed by atoms with Crippen LogP contribution in [-0.4, -0.2) is 28.5 Å². The van der Waals surface area contributed by atoms with Gasteiger partial charge < -0.3 is 5.32 Å². The molecule has 0 unspecified atom stereocenters. The Kier molecular flexibility index (Phi) is 6.21. The van der Waals surface area contributed by atoms with Gasteiger partial charge in [0.15, 0.2) is 4.34 Å². The third-order valence-electron chi connectivity index (χ3n) is 6.46. The number of hydrogen-bond acceptors (Lipinski definition) is 6. The second-order valence-electron chi connectivity index (χ2n) is 8.63. The minimum absolute atomic E-state index is 0.0489. The van der Waals surface area contributed by atoms with Gasteiger partial charge in [0, 0.05) is 0 Å². The molecule has 0 bridgehead atoms. The van der Waals surface area contributed by atoms with Crippen LogP contribution in [-0.2, 0) is 14.4 Å². The Morgan fingerprint density at radius 1 is 1.12 bits per heavy atom.